The van der Waals surface area contributed by atoms with E-state index in [0.29, 0.717) is 0 Å². The molecular weight excluding hydrogens is 204 g/mol. The lowest BCUT2D eigenvalue weighted by Gasteiger charge is -2.38. The third-order valence-electron chi connectivity index (χ3n) is 3.39. The molecule has 0 bridgehead atoms. The summed E-state index contributed by atoms with van der Waals surface area (Å²) in [5.41, 5.74) is 1.54. The summed E-state index contributed by atoms with van der Waals surface area (Å²) in [5, 5.41) is 0. The molecule has 0 aromatic heterocycles. The lowest BCUT2D eigenvalue weighted by atomic mass is 9.67. The molecule has 0 aliphatic heterocycles. The zero-order valence-corrected chi connectivity index (χ0v) is 12.5. The first kappa shape index (κ1) is 16.2. The van der Waals surface area contributed by atoms with Crippen LogP contribution in [0.2, 0.25) is 0 Å². The van der Waals surface area contributed by atoms with Crippen molar-refractivity contribution in [1.29, 1.82) is 0 Å². The van der Waals surface area contributed by atoms with E-state index in [9.17, 15) is 0 Å². The van der Waals surface area contributed by atoms with Crippen LogP contribution in [0.3, 0.4) is 0 Å². The van der Waals surface area contributed by atoms with Crippen molar-refractivity contribution in [1.82, 2.24) is 0 Å². The molecule has 1 aliphatic rings. The van der Waals surface area contributed by atoms with Crippen molar-refractivity contribution in [2.24, 2.45) is 11.8 Å². The van der Waals surface area contributed by atoms with E-state index in [-0.39, 0.29) is 0 Å². The molecule has 0 amide bonds. The lowest BCUT2D eigenvalue weighted by molar-refractivity contribution is 0.197. The second kappa shape index (κ2) is 9.27. The van der Waals surface area contributed by atoms with E-state index in [4.69, 9.17) is 0 Å². The van der Waals surface area contributed by atoms with Gasteiger partial charge in [0.05, 0.1) is 0 Å². The molecule has 1 aliphatic carbocycles. The van der Waals surface area contributed by atoms with Crippen LogP contribution < -0.4 is 0 Å². The van der Waals surface area contributed by atoms with Gasteiger partial charge in [0.25, 0.3) is 0 Å². The van der Waals surface area contributed by atoms with Gasteiger partial charge in [0, 0.05) is 0 Å². The second-order valence-electron chi connectivity index (χ2n) is 4.58. The Morgan fingerprint density at radius 2 is 1.35 bits per heavy atom. The van der Waals surface area contributed by atoms with Gasteiger partial charge in [-0.1, -0.05) is 71.9 Å². The first-order chi connectivity index (χ1) is 8.27. The van der Waals surface area contributed by atoms with E-state index in [2.05, 4.69) is 44.2 Å². The van der Waals surface area contributed by atoms with Gasteiger partial charge in [-0.05, 0) is 36.2 Å². The highest BCUT2D eigenvalue weighted by Crippen LogP contribution is 2.44. The highest BCUT2D eigenvalue weighted by atomic mass is 14.4. The van der Waals surface area contributed by atoms with Crippen LogP contribution in [0.5, 0.6) is 0 Å². The maximum absolute atomic E-state index is 2.34. The highest BCUT2D eigenvalue weighted by molar-refractivity contribution is 5.21. The molecular formula is C17H30. The van der Waals surface area contributed by atoms with Gasteiger partial charge in [0.2, 0.25) is 0 Å². The molecule has 1 aromatic carbocycles. The molecule has 0 N–H and O–H groups in total. The normalized spacial score (nSPS) is 21.6. The van der Waals surface area contributed by atoms with Crippen molar-refractivity contribution < 1.29 is 0 Å². The molecule has 2 rings (SSSR count). The molecule has 17 heavy (non-hydrogen) atoms. The summed E-state index contributed by atoms with van der Waals surface area (Å²) in [4.78, 5) is 0. The molecule has 98 valence electrons. The Balaban J connectivity index is 0.000000581. The van der Waals surface area contributed by atoms with Crippen LogP contribution in [0.25, 0.3) is 0 Å². The maximum atomic E-state index is 2.34. The Labute approximate surface area is 108 Å². The number of rotatable bonds is 2. The van der Waals surface area contributed by atoms with Gasteiger partial charge in [-0.15, -0.1) is 0 Å². The van der Waals surface area contributed by atoms with Crippen LogP contribution in [0.4, 0.5) is 0 Å². The third-order valence-corrected chi connectivity index (χ3v) is 3.39. The van der Waals surface area contributed by atoms with Crippen molar-refractivity contribution >= 4 is 0 Å². The van der Waals surface area contributed by atoms with E-state index in [1.54, 1.807) is 5.56 Å². The van der Waals surface area contributed by atoms with Crippen molar-refractivity contribution in [2.45, 2.75) is 60.3 Å². The fraction of sp³-hybridized carbons (Fsp3) is 0.647. The van der Waals surface area contributed by atoms with Gasteiger partial charge in [0.15, 0.2) is 0 Å². The summed E-state index contributed by atoms with van der Waals surface area (Å²) >= 11 is 0. The smallest absolute Gasteiger partial charge is 0.0156 e. The first-order valence-corrected chi connectivity index (χ1v) is 7.32. The zero-order chi connectivity index (χ0) is 13.3. The number of hydrogen-bond acceptors (Lipinski definition) is 0. The summed E-state index contributed by atoms with van der Waals surface area (Å²) < 4.78 is 0. The Hall–Kier alpha value is -0.780. The first-order valence-electron chi connectivity index (χ1n) is 7.32. The molecule has 0 nitrogen and oxygen atoms in total. The molecule has 0 unspecified atom stereocenters. The summed E-state index contributed by atoms with van der Waals surface area (Å²) in [5.74, 6) is 2.71. The van der Waals surface area contributed by atoms with Gasteiger partial charge in [-0.3, -0.25) is 0 Å². The van der Waals surface area contributed by atoms with E-state index in [1.807, 2.05) is 27.7 Å². The van der Waals surface area contributed by atoms with Gasteiger partial charge in [-0.25, -0.2) is 0 Å². The van der Waals surface area contributed by atoms with E-state index in [1.165, 1.54) is 12.8 Å². The van der Waals surface area contributed by atoms with Gasteiger partial charge in [-0.2, -0.15) is 0 Å². The van der Waals surface area contributed by atoms with Crippen molar-refractivity contribution in [3.8, 4) is 0 Å². The summed E-state index contributed by atoms with van der Waals surface area (Å²) in [6.45, 7) is 12.7. The van der Waals surface area contributed by atoms with E-state index >= 15 is 0 Å². The number of hydrogen-bond donors (Lipinski definition) is 0. The highest BCUT2D eigenvalue weighted by Gasteiger charge is 2.31. The Kier molecular flexibility index (Phi) is 8.85. The van der Waals surface area contributed by atoms with Crippen LogP contribution in [0, 0.1) is 11.8 Å². The number of benzene rings is 1. The van der Waals surface area contributed by atoms with Gasteiger partial charge >= 0.3 is 0 Å². The van der Waals surface area contributed by atoms with Crippen LogP contribution >= 0.6 is 0 Å². The van der Waals surface area contributed by atoms with Crippen LogP contribution in [0.1, 0.15) is 65.9 Å². The van der Waals surface area contributed by atoms with Gasteiger partial charge in [0.1, 0.15) is 0 Å². The monoisotopic (exact) mass is 234 g/mol. The molecule has 0 spiro atoms. The van der Waals surface area contributed by atoms with E-state index < -0.39 is 0 Å². The molecule has 1 saturated carbocycles. The zero-order valence-electron chi connectivity index (χ0n) is 12.5. The summed E-state index contributed by atoms with van der Waals surface area (Å²) in [7, 11) is 0. The van der Waals surface area contributed by atoms with Crippen LogP contribution in [-0.2, 0) is 0 Å². The average molecular weight is 234 g/mol. The van der Waals surface area contributed by atoms with Crippen LogP contribution in [-0.4, -0.2) is 0 Å². The predicted molar refractivity (Wildman–Crippen MR) is 79.4 cm³/mol. The topological polar surface area (TPSA) is 0 Å². The van der Waals surface area contributed by atoms with E-state index in [0.717, 1.165) is 17.8 Å². The fourth-order valence-electron chi connectivity index (χ4n) is 2.20. The SMILES string of the molecule is CC.CC.CC(C)C1CC(c2ccccc2)C1. The average Bonchev–Trinajstić information content (AvgIpc) is 2.33. The summed E-state index contributed by atoms with van der Waals surface area (Å²) in [6.07, 6.45) is 2.81. The standard InChI is InChI=1S/C13H18.2C2H6/c1-10(2)12-8-13(9-12)11-6-4-3-5-7-11;2*1-2/h3-7,10,12-13H,8-9H2,1-2H3;2*1-2H3. The minimum Gasteiger partial charge on any atom is -0.0683 e. The quantitative estimate of drug-likeness (QED) is 0.598. The van der Waals surface area contributed by atoms with Crippen LogP contribution in [0.15, 0.2) is 30.3 Å². The predicted octanol–water partition coefficient (Wildman–Crippen LogP) is 5.89. The fourth-order valence-corrected chi connectivity index (χ4v) is 2.20. The Morgan fingerprint density at radius 3 is 1.76 bits per heavy atom. The molecule has 1 aromatic rings. The Bertz CT molecular complexity index is 255. The molecule has 1 fully saturated rings. The Morgan fingerprint density at radius 1 is 0.882 bits per heavy atom. The molecule has 0 radical (unpaired) electrons. The lowest BCUT2D eigenvalue weighted by Crippen LogP contribution is -2.25. The van der Waals surface area contributed by atoms with Crippen molar-refractivity contribution in [2.75, 3.05) is 0 Å². The molecule has 0 saturated heterocycles. The molecule has 0 heterocycles. The van der Waals surface area contributed by atoms with Crippen molar-refractivity contribution in [3.63, 3.8) is 0 Å². The van der Waals surface area contributed by atoms with Gasteiger partial charge < -0.3 is 0 Å². The third kappa shape index (κ3) is 4.93. The minimum absolute atomic E-state index is 0.855. The minimum atomic E-state index is 0.855. The maximum Gasteiger partial charge on any atom is -0.0156 e. The summed E-state index contributed by atoms with van der Waals surface area (Å²) in [6, 6.07) is 10.9. The molecule has 0 heteroatoms. The molecule has 0 atom stereocenters. The van der Waals surface area contributed by atoms with Crippen molar-refractivity contribution in [3.05, 3.63) is 35.9 Å². The second-order valence-corrected chi connectivity index (χ2v) is 4.58. The largest absolute Gasteiger partial charge is 0.0683 e.